The van der Waals surface area contributed by atoms with Crippen molar-refractivity contribution in [1.82, 2.24) is 14.7 Å². The average Bonchev–Trinajstić information content (AvgIpc) is 3.08. The molecule has 2 aliphatic rings. The fourth-order valence-corrected chi connectivity index (χ4v) is 3.98. The van der Waals surface area contributed by atoms with Gasteiger partial charge in [0, 0.05) is 18.8 Å². The van der Waals surface area contributed by atoms with E-state index in [1.807, 2.05) is 19.4 Å². The SMILES string of the molecule is Cn1cc(C(O)C2(N3CCCCC3)CCCC2)cn1. The van der Waals surface area contributed by atoms with Crippen LogP contribution >= 0.6 is 0 Å². The number of nitrogens with zero attached hydrogens (tertiary/aromatic N) is 3. The second-order valence-corrected chi connectivity index (χ2v) is 6.21. The van der Waals surface area contributed by atoms with Crippen LogP contribution in [0.3, 0.4) is 0 Å². The van der Waals surface area contributed by atoms with Crippen molar-refractivity contribution in [1.29, 1.82) is 0 Å². The zero-order valence-electron chi connectivity index (χ0n) is 11.9. The van der Waals surface area contributed by atoms with Gasteiger partial charge in [-0.25, -0.2) is 0 Å². The van der Waals surface area contributed by atoms with Crippen molar-refractivity contribution in [2.45, 2.75) is 56.6 Å². The molecule has 1 aromatic heterocycles. The molecule has 3 rings (SSSR count). The van der Waals surface area contributed by atoms with Gasteiger partial charge in [-0.15, -0.1) is 0 Å². The van der Waals surface area contributed by atoms with E-state index in [9.17, 15) is 5.11 Å². The number of hydrogen-bond donors (Lipinski definition) is 1. The smallest absolute Gasteiger partial charge is 0.100 e. The molecule has 0 radical (unpaired) electrons. The lowest BCUT2D eigenvalue weighted by atomic mass is 9.84. The molecule has 0 spiro atoms. The zero-order chi connectivity index (χ0) is 13.3. The average molecular weight is 263 g/mol. The molecule has 4 heteroatoms. The lowest BCUT2D eigenvalue weighted by molar-refractivity contribution is -0.0405. The number of aliphatic hydroxyl groups excluding tert-OH is 1. The summed E-state index contributed by atoms with van der Waals surface area (Å²) in [7, 11) is 1.92. The quantitative estimate of drug-likeness (QED) is 0.909. The van der Waals surface area contributed by atoms with Gasteiger partial charge in [-0.2, -0.15) is 5.10 Å². The van der Waals surface area contributed by atoms with Crippen LogP contribution in [0.5, 0.6) is 0 Å². The summed E-state index contributed by atoms with van der Waals surface area (Å²) in [5, 5.41) is 15.2. The van der Waals surface area contributed by atoms with E-state index in [0.717, 1.165) is 31.5 Å². The van der Waals surface area contributed by atoms with Crippen molar-refractivity contribution in [2.75, 3.05) is 13.1 Å². The first-order valence-electron chi connectivity index (χ1n) is 7.64. The van der Waals surface area contributed by atoms with Crippen LogP contribution in [0.4, 0.5) is 0 Å². The number of aromatic nitrogens is 2. The summed E-state index contributed by atoms with van der Waals surface area (Å²) >= 11 is 0. The Morgan fingerprint density at radius 3 is 2.42 bits per heavy atom. The first kappa shape index (κ1) is 13.1. The first-order valence-corrected chi connectivity index (χ1v) is 7.64. The molecule has 1 saturated carbocycles. The molecule has 1 N–H and O–H groups in total. The van der Waals surface area contributed by atoms with Crippen LogP contribution < -0.4 is 0 Å². The van der Waals surface area contributed by atoms with Crippen molar-refractivity contribution < 1.29 is 5.11 Å². The maximum Gasteiger partial charge on any atom is 0.100 e. The topological polar surface area (TPSA) is 41.3 Å². The van der Waals surface area contributed by atoms with E-state index in [2.05, 4.69) is 10.00 Å². The predicted octanol–water partition coefficient (Wildman–Crippen LogP) is 2.25. The van der Waals surface area contributed by atoms with Gasteiger partial charge in [0.25, 0.3) is 0 Å². The van der Waals surface area contributed by atoms with Gasteiger partial charge < -0.3 is 5.11 Å². The highest BCUT2D eigenvalue weighted by Crippen LogP contribution is 2.45. The maximum atomic E-state index is 10.9. The molecule has 1 unspecified atom stereocenters. The van der Waals surface area contributed by atoms with Crippen LogP contribution in [0.2, 0.25) is 0 Å². The molecular formula is C15H25N3O. The molecule has 0 bridgehead atoms. The lowest BCUT2D eigenvalue weighted by Gasteiger charge is -2.46. The minimum absolute atomic E-state index is 0.0244. The molecule has 1 aromatic rings. The first-order chi connectivity index (χ1) is 9.22. The molecule has 4 nitrogen and oxygen atoms in total. The van der Waals surface area contributed by atoms with Crippen molar-refractivity contribution in [3.8, 4) is 0 Å². The van der Waals surface area contributed by atoms with Crippen LogP contribution in [0.1, 0.15) is 56.6 Å². The van der Waals surface area contributed by atoms with Crippen molar-refractivity contribution >= 4 is 0 Å². The number of hydrogen-bond acceptors (Lipinski definition) is 3. The van der Waals surface area contributed by atoms with Crippen LogP contribution in [0.25, 0.3) is 0 Å². The third kappa shape index (κ3) is 2.32. The lowest BCUT2D eigenvalue weighted by Crippen LogP contribution is -2.53. The predicted molar refractivity (Wildman–Crippen MR) is 74.8 cm³/mol. The third-order valence-corrected chi connectivity index (χ3v) is 5.00. The van der Waals surface area contributed by atoms with Gasteiger partial charge in [-0.3, -0.25) is 9.58 Å². The molecule has 2 heterocycles. The van der Waals surface area contributed by atoms with Gasteiger partial charge >= 0.3 is 0 Å². The molecule has 1 aliphatic heterocycles. The normalized spacial score (nSPS) is 25.6. The van der Waals surface area contributed by atoms with Crippen LogP contribution in [-0.2, 0) is 7.05 Å². The van der Waals surface area contributed by atoms with Gasteiger partial charge in [-0.05, 0) is 38.8 Å². The number of piperidine rings is 1. The fourth-order valence-electron chi connectivity index (χ4n) is 3.98. The molecule has 1 atom stereocenters. The number of aliphatic hydroxyl groups is 1. The second-order valence-electron chi connectivity index (χ2n) is 6.21. The second kappa shape index (κ2) is 5.25. The minimum Gasteiger partial charge on any atom is -0.386 e. The molecule has 0 amide bonds. The summed E-state index contributed by atoms with van der Waals surface area (Å²) in [6, 6.07) is 0. The Bertz CT molecular complexity index is 417. The molecule has 0 aromatic carbocycles. The van der Waals surface area contributed by atoms with Gasteiger partial charge in [0.2, 0.25) is 0 Å². The summed E-state index contributed by atoms with van der Waals surface area (Å²) in [5.74, 6) is 0. The Morgan fingerprint density at radius 2 is 1.84 bits per heavy atom. The number of rotatable bonds is 3. The van der Waals surface area contributed by atoms with E-state index in [0.29, 0.717) is 0 Å². The van der Waals surface area contributed by atoms with Crippen molar-refractivity contribution in [3.05, 3.63) is 18.0 Å². The van der Waals surface area contributed by atoms with Gasteiger partial charge in [0.1, 0.15) is 6.10 Å². The van der Waals surface area contributed by atoms with E-state index in [-0.39, 0.29) is 11.6 Å². The van der Waals surface area contributed by atoms with Gasteiger partial charge in [0.05, 0.1) is 11.7 Å². The summed E-state index contributed by atoms with van der Waals surface area (Å²) in [6.07, 6.45) is 12.1. The molecule has 2 fully saturated rings. The monoisotopic (exact) mass is 263 g/mol. The van der Waals surface area contributed by atoms with Crippen molar-refractivity contribution in [3.63, 3.8) is 0 Å². The summed E-state index contributed by atoms with van der Waals surface area (Å²) in [6.45, 7) is 2.30. The Balaban J connectivity index is 1.86. The molecule has 106 valence electrons. The third-order valence-electron chi connectivity index (χ3n) is 5.00. The summed E-state index contributed by atoms with van der Waals surface area (Å²) in [4.78, 5) is 2.57. The Hall–Kier alpha value is -0.870. The number of aryl methyl sites for hydroxylation is 1. The van der Waals surface area contributed by atoms with E-state index >= 15 is 0 Å². The Kier molecular flexibility index (Phi) is 3.63. The van der Waals surface area contributed by atoms with Crippen LogP contribution in [0.15, 0.2) is 12.4 Å². The zero-order valence-corrected chi connectivity index (χ0v) is 11.9. The highest BCUT2D eigenvalue weighted by Gasteiger charge is 2.46. The van der Waals surface area contributed by atoms with E-state index in [4.69, 9.17) is 0 Å². The Morgan fingerprint density at radius 1 is 1.16 bits per heavy atom. The van der Waals surface area contributed by atoms with E-state index in [1.165, 1.54) is 32.1 Å². The maximum absolute atomic E-state index is 10.9. The standard InChI is InChI=1S/C15H25N3O/c1-17-12-13(11-16-17)14(19)15(7-3-4-8-15)18-9-5-2-6-10-18/h11-12,14,19H,2-10H2,1H3. The van der Waals surface area contributed by atoms with Gasteiger partial charge in [0.15, 0.2) is 0 Å². The summed E-state index contributed by atoms with van der Waals surface area (Å²) < 4.78 is 1.79. The largest absolute Gasteiger partial charge is 0.386 e. The molecule has 1 aliphatic carbocycles. The van der Waals surface area contributed by atoms with Crippen LogP contribution in [-0.4, -0.2) is 38.4 Å². The van der Waals surface area contributed by atoms with Crippen molar-refractivity contribution in [2.24, 2.45) is 7.05 Å². The highest BCUT2D eigenvalue weighted by atomic mass is 16.3. The molecule has 1 saturated heterocycles. The van der Waals surface area contributed by atoms with Gasteiger partial charge in [-0.1, -0.05) is 19.3 Å². The van der Waals surface area contributed by atoms with E-state index in [1.54, 1.807) is 4.68 Å². The fraction of sp³-hybridized carbons (Fsp3) is 0.800. The highest BCUT2D eigenvalue weighted by molar-refractivity contribution is 5.17. The molecular weight excluding hydrogens is 238 g/mol. The van der Waals surface area contributed by atoms with Crippen LogP contribution in [0, 0.1) is 0 Å². The number of likely N-dealkylation sites (tertiary alicyclic amines) is 1. The molecule has 19 heavy (non-hydrogen) atoms. The Labute approximate surface area is 115 Å². The van der Waals surface area contributed by atoms with E-state index < -0.39 is 0 Å². The summed E-state index contributed by atoms with van der Waals surface area (Å²) in [5.41, 5.74) is 0.957. The minimum atomic E-state index is -0.387.